The van der Waals surface area contributed by atoms with Crippen molar-refractivity contribution >= 4 is 0 Å². The van der Waals surface area contributed by atoms with Crippen molar-refractivity contribution in [3.8, 4) is 0 Å². The van der Waals surface area contributed by atoms with Crippen molar-refractivity contribution in [2.75, 3.05) is 34.2 Å². The van der Waals surface area contributed by atoms with Gasteiger partial charge in [0, 0.05) is 6.54 Å². The van der Waals surface area contributed by atoms with Crippen molar-refractivity contribution in [3.63, 3.8) is 0 Å². The van der Waals surface area contributed by atoms with Crippen LogP contribution in [0.2, 0.25) is 0 Å². The fourth-order valence-corrected chi connectivity index (χ4v) is 2.64. The Morgan fingerprint density at radius 1 is 1.18 bits per heavy atom. The summed E-state index contributed by atoms with van der Waals surface area (Å²) >= 11 is 0. The average Bonchev–Trinajstić information content (AvgIpc) is 2.33. The second kappa shape index (κ2) is 8.71. The van der Waals surface area contributed by atoms with Gasteiger partial charge in [0.2, 0.25) is 0 Å². The predicted molar refractivity (Wildman–Crippen MR) is 76.3 cm³/mol. The summed E-state index contributed by atoms with van der Waals surface area (Å²) in [6, 6.07) is 0. The van der Waals surface area contributed by atoms with Crippen LogP contribution >= 0.6 is 0 Å². The van der Waals surface area contributed by atoms with Crippen LogP contribution in [0.5, 0.6) is 0 Å². The highest BCUT2D eigenvalue weighted by Crippen LogP contribution is 2.31. The number of rotatable bonds is 7. The van der Waals surface area contributed by atoms with E-state index in [2.05, 4.69) is 43.5 Å². The van der Waals surface area contributed by atoms with Gasteiger partial charge >= 0.3 is 0 Å². The summed E-state index contributed by atoms with van der Waals surface area (Å²) in [7, 11) is 6.33. The maximum Gasteiger partial charge on any atom is 0.000980 e. The molecule has 0 spiro atoms. The molecular weight excluding hydrogens is 208 g/mol. The topological polar surface area (TPSA) is 15.3 Å². The molecule has 0 radical (unpaired) electrons. The van der Waals surface area contributed by atoms with Gasteiger partial charge in [0.05, 0.1) is 0 Å². The molecule has 0 saturated heterocycles. The first-order valence-electron chi connectivity index (χ1n) is 7.18. The molecule has 0 unspecified atom stereocenters. The molecule has 17 heavy (non-hydrogen) atoms. The van der Waals surface area contributed by atoms with Crippen molar-refractivity contribution in [2.24, 2.45) is 11.8 Å². The molecule has 1 rings (SSSR count). The van der Waals surface area contributed by atoms with Crippen LogP contribution in [-0.2, 0) is 0 Å². The van der Waals surface area contributed by atoms with Crippen molar-refractivity contribution in [3.05, 3.63) is 12.2 Å². The molecule has 0 amide bonds. The maximum absolute atomic E-state index is 3.26. The fourth-order valence-electron chi connectivity index (χ4n) is 2.64. The van der Waals surface area contributed by atoms with Gasteiger partial charge < -0.3 is 10.2 Å². The van der Waals surface area contributed by atoms with Gasteiger partial charge in [-0.3, -0.25) is 0 Å². The normalized spacial score (nSPS) is 25.9. The molecule has 1 aliphatic rings. The molecule has 0 aliphatic heterocycles. The van der Waals surface area contributed by atoms with E-state index in [-0.39, 0.29) is 0 Å². The molecule has 1 fully saturated rings. The number of allylic oxidation sites excluding steroid dienone is 1. The second-order valence-corrected chi connectivity index (χ2v) is 5.69. The minimum atomic E-state index is 0.864. The molecule has 2 nitrogen and oxygen atoms in total. The molecule has 1 saturated carbocycles. The van der Waals surface area contributed by atoms with Gasteiger partial charge in [-0.1, -0.05) is 12.2 Å². The summed E-state index contributed by atoms with van der Waals surface area (Å²) < 4.78 is 0. The summed E-state index contributed by atoms with van der Waals surface area (Å²) in [5.74, 6) is 1.84. The smallest absolute Gasteiger partial charge is 0.000980 e. The van der Waals surface area contributed by atoms with Crippen LogP contribution in [-0.4, -0.2) is 39.1 Å². The standard InChI is InChI=1S/C15H30N2/c1-16-12-11-15-9-7-14(8-10-15)6-4-5-13-17(2)3/h4,6,14-16H,5,7-13H2,1-3H3. The Labute approximate surface area is 107 Å². The van der Waals surface area contributed by atoms with Crippen molar-refractivity contribution in [2.45, 2.75) is 38.5 Å². The number of hydrogen-bond acceptors (Lipinski definition) is 2. The third-order valence-corrected chi connectivity index (χ3v) is 3.85. The largest absolute Gasteiger partial charge is 0.320 e. The van der Waals surface area contributed by atoms with Gasteiger partial charge in [-0.15, -0.1) is 0 Å². The third kappa shape index (κ3) is 6.85. The van der Waals surface area contributed by atoms with Crippen LogP contribution in [0.25, 0.3) is 0 Å². The van der Waals surface area contributed by atoms with Gasteiger partial charge in [-0.25, -0.2) is 0 Å². The van der Waals surface area contributed by atoms with E-state index in [9.17, 15) is 0 Å². The van der Waals surface area contributed by atoms with Crippen molar-refractivity contribution in [1.82, 2.24) is 10.2 Å². The number of nitrogens with zero attached hydrogens (tertiary/aromatic N) is 1. The van der Waals surface area contributed by atoms with Crippen molar-refractivity contribution in [1.29, 1.82) is 0 Å². The van der Waals surface area contributed by atoms with Crippen LogP contribution in [0.1, 0.15) is 38.5 Å². The first-order chi connectivity index (χ1) is 8.22. The minimum Gasteiger partial charge on any atom is -0.320 e. The Morgan fingerprint density at radius 2 is 1.88 bits per heavy atom. The monoisotopic (exact) mass is 238 g/mol. The zero-order valence-electron chi connectivity index (χ0n) is 11.9. The van der Waals surface area contributed by atoms with Crippen LogP contribution in [0.3, 0.4) is 0 Å². The Balaban J connectivity index is 2.10. The quantitative estimate of drug-likeness (QED) is 0.686. The third-order valence-electron chi connectivity index (χ3n) is 3.85. The molecule has 2 heteroatoms. The molecule has 0 heterocycles. The lowest BCUT2D eigenvalue weighted by atomic mass is 9.80. The highest BCUT2D eigenvalue weighted by Gasteiger charge is 2.18. The maximum atomic E-state index is 3.26. The summed E-state index contributed by atoms with van der Waals surface area (Å²) in [6.45, 7) is 2.36. The molecule has 1 aliphatic carbocycles. The first-order valence-corrected chi connectivity index (χ1v) is 7.18. The van der Waals surface area contributed by atoms with E-state index in [1.165, 1.54) is 51.6 Å². The number of nitrogens with one attached hydrogen (secondary N) is 1. The van der Waals surface area contributed by atoms with Gasteiger partial charge in [0.1, 0.15) is 0 Å². The molecule has 0 aromatic heterocycles. The second-order valence-electron chi connectivity index (χ2n) is 5.69. The zero-order chi connectivity index (χ0) is 12.5. The molecule has 0 aromatic carbocycles. The van der Waals surface area contributed by atoms with E-state index in [4.69, 9.17) is 0 Å². The fraction of sp³-hybridized carbons (Fsp3) is 0.867. The lowest BCUT2D eigenvalue weighted by Crippen LogP contribution is -2.18. The highest BCUT2D eigenvalue weighted by molar-refractivity contribution is 4.91. The van der Waals surface area contributed by atoms with E-state index in [0.29, 0.717) is 0 Å². The molecule has 0 aromatic rings. The SMILES string of the molecule is CNCCC1CCC(C=CCCN(C)C)CC1. The van der Waals surface area contributed by atoms with Gasteiger partial charge in [-0.2, -0.15) is 0 Å². The van der Waals surface area contributed by atoms with Gasteiger partial charge in [0.15, 0.2) is 0 Å². The summed E-state index contributed by atoms with van der Waals surface area (Å²) in [5.41, 5.74) is 0. The lowest BCUT2D eigenvalue weighted by molar-refractivity contribution is 0.294. The van der Waals surface area contributed by atoms with E-state index in [1.807, 2.05) is 0 Å². The van der Waals surface area contributed by atoms with E-state index >= 15 is 0 Å². The zero-order valence-corrected chi connectivity index (χ0v) is 11.9. The minimum absolute atomic E-state index is 0.864. The molecular formula is C15H30N2. The Bertz CT molecular complexity index is 203. The molecule has 0 atom stereocenters. The van der Waals surface area contributed by atoms with Crippen LogP contribution in [0.15, 0.2) is 12.2 Å². The Morgan fingerprint density at radius 3 is 2.47 bits per heavy atom. The van der Waals surface area contributed by atoms with E-state index in [1.54, 1.807) is 0 Å². The van der Waals surface area contributed by atoms with Crippen molar-refractivity contribution < 1.29 is 0 Å². The van der Waals surface area contributed by atoms with Gasteiger partial charge in [0.25, 0.3) is 0 Å². The van der Waals surface area contributed by atoms with E-state index in [0.717, 1.165) is 11.8 Å². The summed E-state index contributed by atoms with van der Waals surface area (Å²) in [5, 5.41) is 3.26. The van der Waals surface area contributed by atoms with Crippen LogP contribution < -0.4 is 5.32 Å². The Kier molecular flexibility index (Phi) is 7.54. The average molecular weight is 238 g/mol. The number of hydrogen-bond donors (Lipinski definition) is 1. The summed E-state index contributed by atoms with van der Waals surface area (Å²) in [4.78, 5) is 2.25. The highest BCUT2D eigenvalue weighted by atomic mass is 15.0. The molecule has 100 valence electrons. The summed E-state index contributed by atoms with van der Waals surface area (Å²) in [6.07, 6.45) is 13.1. The Hall–Kier alpha value is -0.340. The van der Waals surface area contributed by atoms with E-state index < -0.39 is 0 Å². The lowest BCUT2D eigenvalue weighted by Gasteiger charge is -2.26. The van der Waals surface area contributed by atoms with Crippen LogP contribution in [0, 0.1) is 11.8 Å². The molecule has 0 bridgehead atoms. The van der Waals surface area contributed by atoms with Gasteiger partial charge in [-0.05, 0) is 78.0 Å². The first kappa shape index (κ1) is 14.7. The predicted octanol–water partition coefficient (Wildman–Crippen LogP) is 2.91. The van der Waals surface area contributed by atoms with Crippen LogP contribution in [0.4, 0.5) is 0 Å². The molecule has 1 N–H and O–H groups in total.